The van der Waals surface area contributed by atoms with E-state index < -0.39 is 5.54 Å². The normalized spacial score (nSPS) is 11.5. The van der Waals surface area contributed by atoms with E-state index in [4.69, 9.17) is 27.5 Å². The number of aromatic nitrogens is 1. The van der Waals surface area contributed by atoms with E-state index in [9.17, 15) is 0 Å². The molecule has 0 spiro atoms. The van der Waals surface area contributed by atoms with Gasteiger partial charge in [0.1, 0.15) is 5.15 Å². The van der Waals surface area contributed by atoms with Crippen molar-refractivity contribution in [1.29, 1.82) is 0 Å². The summed E-state index contributed by atoms with van der Waals surface area (Å²) in [5.74, 6) is 0.355. The Morgan fingerprint density at radius 1 is 1.47 bits per heavy atom. The molecule has 0 unspecified atom stereocenters. The van der Waals surface area contributed by atoms with Gasteiger partial charge >= 0.3 is 0 Å². The molecule has 5 N–H and O–H groups in total. The van der Waals surface area contributed by atoms with Crippen LogP contribution in [0.15, 0.2) is 12.1 Å². The second kappa shape index (κ2) is 4.65. The smallest absolute Gasteiger partial charge is 0.151 e. The molecule has 1 aromatic rings. The van der Waals surface area contributed by atoms with E-state index in [0.717, 1.165) is 0 Å². The molecule has 0 amide bonds. The van der Waals surface area contributed by atoms with E-state index in [0.29, 0.717) is 16.7 Å². The number of aliphatic hydroxyl groups excluding tert-OH is 2. The fourth-order valence-electron chi connectivity index (χ4n) is 0.961. The van der Waals surface area contributed by atoms with Crippen LogP contribution in [0.3, 0.4) is 0 Å². The van der Waals surface area contributed by atoms with Crippen LogP contribution in [-0.2, 0) is 0 Å². The van der Waals surface area contributed by atoms with Gasteiger partial charge in [0.15, 0.2) is 5.82 Å². The van der Waals surface area contributed by atoms with Crippen LogP contribution < -0.4 is 11.1 Å². The first kappa shape index (κ1) is 12.0. The van der Waals surface area contributed by atoms with Gasteiger partial charge in [0.25, 0.3) is 0 Å². The van der Waals surface area contributed by atoms with Crippen LogP contribution in [0.25, 0.3) is 0 Å². The number of nitrogens with zero attached hydrogens (tertiary/aromatic N) is 1. The molecular weight excluding hydrogens is 218 g/mol. The van der Waals surface area contributed by atoms with E-state index in [1.54, 1.807) is 19.1 Å². The standard InChI is InChI=1S/C9H14ClN3O2/c1-9(4-14,5-15)13-8-6(11)2-3-7(10)12-8/h2-3,14-15H,4-5,11H2,1H3,(H,12,13). The fraction of sp³-hybridized carbons (Fsp3) is 0.444. The van der Waals surface area contributed by atoms with Gasteiger partial charge in [-0.1, -0.05) is 11.6 Å². The van der Waals surface area contributed by atoms with Crippen molar-refractivity contribution >= 4 is 23.1 Å². The molecule has 0 aromatic carbocycles. The third-order valence-electron chi connectivity index (χ3n) is 2.01. The Hall–Kier alpha value is -1.04. The summed E-state index contributed by atoms with van der Waals surface area (Å²) < 4.78 is 0. The maximum absolute atomic E-state index is 9.08. The summed E-state index contributed by atoms with van der Waals surface area (Å²) >= 11 is 5.70. The molecule has 84 valence electrons. The molecule has 0 aliphatic carbocycles. The minimum atomic E-state index is -0.869. The first-order chi connectivity index (χ1) is 7.00. The predicted molar refractivity (Wildman–Crippen MR) is 59.9 cm³/mol. The molecule has 0 aliphatic rings. The number of pyridine rings is 1. The Morgan fingerprint density at radius 3 is 2.60 bits per heavy atom. The van der Waals surface area contributed by atoms with Crippen LogP contribution in [-0.4, -0.2) is 33.9 Å². The van der Waals surface area contributed by atoms with E-state index >= 15 is 0 Å². The lowest BCUT2D eigenvalue weighted by atomic mass is 10.1. The number of nitrogen functional groups attached to an aromatic ring is 1. The molecule has 1 heterocycles. The Kier molecular flexibility index (Phi) is 3.73. The molecule has 1 aromatic heterocycles. The highest BCUT2D eigenvalue weighted by Crippen LogP contribution is 2.21. The van der Waals surface area contributed by atoms with E-state index in [1.807, 2.05) is 0 Å². The average Bonchev–Trinajstić information content (AvgIpc) is 2.23. The number of halogens is 1. The fourth-order valence-corrected chi connectivity index (χ4v) is 1.11. The molecular formula is C9H14ClN3O2. The van der Waals surface area contributed by atoms with Gasteiger partial charge in [-0.25, -0.2) is 4.98 Å². The van der Waals surface area contributed by atoms with Crippen LogP contribution in [0, 0.1) is 0 Å². The Balaban J connectivity index is 2.92. The van der Waals surface area contributed by atoms with E-state index in [-0.39, 0.29) is 13.2 Å². The molecule has 1 rings (SSSR count). The van der Waals surface area contributed by atoms with Crippen molar-refractivity contribution in [2.24, 2.45) is 0 Å². The number of hydrogen-bond donors (Lipinski definition) is 4. The van der Waals surface area contributed by atoms with Crippen LogP contribution in [0.4, 0.5) is 11.5 Å². The van der Waals surface area contributed by atoms with Crippen LogP contribution in [0.5, 0.6) is 0 Å². The zero-order chi connectivity index (χ0) is 11.5. The SMILES string of the molecule is CC(CO)(CO)Nc1nc(Cl)ccc1N. The van der Waals surface area contributed by atoms with Crippen molar-refractivity contribution in [2.45, 2.75) is 12.5 Å². The maximum atomic E-state index is 9.08. The van der Waals surface area contributed by atoms with Crippen LogP contribution in [0.2, 0.25) is 5.15 Å². The Labute approximate surface area is 92.9 Å². The lowest BCUT2D eigenvalue weighted by molar-refractivity contribution is 0.147. The third-order valence-corrected chi connectivity index (χ3v) is 2.22. The lowest BCUT2D eigenvalue weighted by Crippen LogP contribution is -2.43. The maximum Gasteiger partial charge on any atom is 0.151 e. The second-order valence-electron chi connectivity index (χ2n) is 3.57. The van der Waals surface area contributed by atoms with Gasteiger partial charge in [0, 0.05) is 0 Å². The topological polar surface area (TPSA) is 91.4 Å². The molecule has 0 saturated heterocycles. The minimum absolute atomic E-state index is 0.239. The van der Waals surface area contributed by atoms with Gasteiger partial charge in [0.2, 0.25) is 0 Å². The lowest BCUT2D eigenvalue weighted by Gasteiger charge is -2.27. The van der Waals surface area contributed by atoms with Gasteiger partial charge in [-0.05, 0) is 19.1 Å². The van der Waals surface area contributed by atoms with E-state index in [1.165, 1.54) is 0 Å². The van der Waals surface area contributed by atoms with Gasteiger partial charge < -0.3 is 21.3 Å². The molecule has 15 heavy (non-hydrogen) atoms. The van der Waals surface area contributed by atoms with Gasteiger partial charge in [0.05, 0.1) is 24.4 Å². The molecule has 0 atom stereocenters. The number of nitrogens with two attached hydrogens (primary N) is 1. The van der Waals surface area contributed by atoms with Crippen LogP contribution >= 0.6 is 11.6 Å². The number of aliphatic hydroxyl groups is 2. The summed E-state index contributed by atoms with van der Waals surface area (Å²) in [4.78, 5) is 3.96. The number of hydrogen-bond acceptors (Lipinski definition) is 5. The number of rotatable bonds is 4. The monoisotopic (exact) mass is 231 g/mol. The van der Waals surface area contributed by atoms with Crippen molar-refractivity contribution in [3.63, 3.8) is 0 Å². The first-order valence-electron chi connectivity index (χ1n) is 4.43. The summed E-state index contributed by atoms with van der Waals surface area (Å²) in [6.45, 7) is 1.17. The molecule has 0 saturated carbocycles. The van der Waals surface area contributed by atoms with Gasteiger partial charge in [-0.15, -0.1) is 0 Å². The Morgan fingerprint density at radius 2 is 2.07 bits per heavy atom. The predicted octanol–water partition coefficient (Wildman–Crippen LogP) is 0.472. The summed E-state index contributed by atoms with van der Waals surface area (Å²) in [5.41, 5.74) is 5.20. The number of nitrogens with one attached hydrogen (secondary N) is 1. The van der Waals surface area contributed by atoms with Gasteiger partial charge in [-0.3, -0.25) is 0 Å². The minimum Gasteiger partial charge on any atom is -0.396 e. The Bertz CT molecular complexity index is 342. The second-order valence-corrected chi connectivity index (χ2v) is 3.96. The number of anilines is 2. The van der Waals surface area contributed by atoms with Crippen molar-refractivity contribution < 1.29 is 10.2 Å². The molecule has 6 heteroatoms. The highest BCUT2D eigenvalue weighted by Gasteiger charge is 2.23. The molecule has 0 fully saturated rings. The zero-order valence-electron chi connectivity index (χ0n) is 8.37. The third kappa shape index (κ3) is 2.95. The summed E-state index contributed by atoms with van der Waals surface area (Å²) in [5, 5.41) is 21.3. The van der Waals surface area contributed by atoms with Gasteiger partial charge in [-0.2, -0.15) is 0 Å². The first-order valence-corrected chi connectivity index (χ1v) is 4.80. The average molecular weight is 232 g/mol. The summed E-state index contributed by atoms with van der Waals surface area (Å²) in [6, 6.07) is 3.17. The molecule has 0 aliphatic heterocycles. The van der Waals surface area contributed by atoms with Crippen molar-refractivity contribution in [2.75, 3.05) is 24.3 Å². The molecule has 0 radical (unpaired) electrons. The quantitative estimate of drug-likeness (QED) is 0.566. The highest BCUT2D eigenvalue weighted by molar-refractivity contribution is 6.29. The zero-order valence-corrected chi connectivity index (χ0v) is 9.12. The summed E-state index contributed by atoms with van der Waals surface area (Å²) in [6.07, 6.45) is 0. The van der Waals surface area contributed by atoms with Crippen molar-refractivity contribution in [3.8, 4) is 0 Å². The van der Waals surface area contributed by atoms with Crippen molar-refractivity contribution in [1.82, 2.24) is 4.98 Å². The highest BCUT2D eigenvalue weighted by atomic mass is 35.5. The molecule has 5 nitrogen and oxygen atoms in total. The van der Waals surface area contributed by atoms with E-state index in [2.05, 4.69) is 10.3 Å². The largest absolute Gasteiger partial charge is 0.396 e. The van der Waals surface area contributed by atoms with Crippen LogP contribution in [0.1, 0.15) is 6.92 Å². The van der Waals surface area contributed by atoms with Crippen molar-refractivity contribution in [3.05, 3.63) is 17.3 Å². The molecule has 0 bridgehead atoms. The summed E-state index contributed by atoms with van der Waals surface area (Å²) in [7, 11) is 0.